The van der Waals surface area contributed by atoms with E-state index in [1.54, 1.807) is 13.3 Å². The van der Waals surface area contributed by atoms with Crippen molar-refractivity contribution in [2.75, 3.05) is 12.4 Å². The molecule has 3 aromatic rings. The fourth-order valence-electron chi connectivity index (χ4n) is 2.28. The summed E-state index contributed by atoms with van der Waals surface area (Å²) in [6.45, 7) is 0. The van der Waals surface area contributed by atoms with Crippen LogP contribution in [0.1, 0.15) is 5.56 Å². The third-order valence-corrected chi connectivity index (χ3v) is 3.38. The lowest BCUT2D eigenvalue weighted by Crippen LogP contribution is -2.14. The van der Waals surface area contributed by atoms with Gasteiger partial charge in [0, 0.05) is 11.5 Å². The van der Waals surface area contributed by atoms with E-state index in [-0.39, 0.29) is 5.91 Å². The van der Waals surface area contributed by atoms with Crippen LogP contribution in [0.25, 0.3) is 10.9 Å². The predicted octanol–water partition coefficient (Wildman–Crippen LogP) is 3.42. The van der Waals surface area contributed by atoms with Crippen molar-refractivity contribution >= 4 is 22.5 Å². The Kier molecular flexibility index (Phi) is 4.01. The number of ether oxygens (including phenoxy) is 1. The highest BCUT2D eigenvalue weighted by Crippen LogP contribution is 2.21. The smallest absolute Gasteiger partial charge is 0.228 e. The molecule has 0 aliphatic carbocycles. The van der Waals surface area contributed by atoms with E-state index >= 15 is 0 Å². The first-order valence-electron chi connectivity index (χ1n) is 7.02. The van der Waals surface area contributed by atoms with E-state index in [0.29, 0.717) is 12.1 Å². The van der Waals surface area contributed by atoms with Gasteiger partial charge in [-0.15, -0.1) is 0 Å². The number of anilines is 1. The quantitative estimate of drug-likeness (QED) is 0.801. The number of hydrogen-bond donors (Lipinski definition) is 1. The van der Waals surface area contributed by atoms with Crippen LogP contribution in [-0.4, -0.2) is 18.0 Å². The maximum atomic E-state index is 12.1. The number of nitrogens with zero attached hydrogens (tertiary/aromatic N) is 1. The van der Waals surface area contributed by atoms with Crippen LogP contribution in [0.5, 0.6) is 5.75 Å². The summed E-state index contributed by atoms with van der Waals surface area (Å²) in [7, 11) is 1.62. The minimum Gasteiger partial charge on any atom is -0.497 e. The van der Waals surface area contributed by atoms with Crippen molar-refractivity contribution < 1.29 is 9.53 Å². The average molecular weight is 292 g/mol. The first-order valence-corrected chi connectivity index (χ1v) is 7.02. The Bertz CT molecular complexity index is 801. The Morgan fingerprint density at radius 2 is 1.95 bits per heavy atom. The monoisotopic (exact) mass is 292 g/mol. The van der Waals surface area contributed by atoms with E-state index in [4.69, 9.17) is 4.74 Å². The predicted molar refractivity (Wildman–Crippen MR) is 87.1 cm³/mol. The van der Waals surface area contributed by atoms with Crippen LogP contribution in [0.2, 0.25) is 0 Å². The molecule has 1 aromatic heterocycles. The summed E-state index contributed by atoms with van der Waals surface area (Å²) in [4.78, 5) is 16.4. The van der Waals surface area contributed by atoms with Gasteiger partial charge in [-0.05, 0) is 23.8 Å². The lowest BCUT2D eigenvalue weighted by Gasteiger charge is -2.07. The highest BCUT2D eigenvalue weighted by molar-refractivity contribution is 5.94. The molecule has 0 spiro atoms. The largest absolute Gasteiger partial charge is 0.497 e. The molecule has 0 aliphatic heterocycles. The zero-order valence-corrected chi connectivity index (χ0v) is 12.2. The molecule has 22 heavy (non-hydrogen) atoms. The molecule has 0 saturated heterocycles. The van der Waals surface area contributed by atoms with Gasteiger partial charge in [0.2, 0.25) is 5.91 Å². The van der Waals surface area contributed by atoms with Crippen LogP contribution in [-0.2, 0) is 11.2 Å². The van der Waals surface area contributed by atoms with Crippen LogP contribution >= 0.6 is 0 Å². The van der Waals surface area contributed by atoms with E-state index in [9.17, 15) is 4.79 Å². The fourth-order valence-corrected chi connectivity index (χ4v) is 2.28. The van der Waals surface area contributed by atoms with Crippen molar-refractivity contribution in [1.82, 2.24) is 4.98 Å². The highest BCUT2D eigenvalue weighted by Gasteiger charge is 2.05. The van der Waals surface area contributed by atoms with Crippen LogP contribution < -0.4 is 10.1 Å². The summed E-state index contributed by atoms with van der Waals surface area (Å²) in [5.74, 6) is 0.710. The summed E-state index contributed by atoms with van der Waals surface area (Å²) in [6, 6.07) is 17.2. The van der Waals surface area contributed by atoms with Gasteiger partial charge in [-0.1, -0.05) is 30.3 Å². The van der Waals surface area contributed by atoms with Gasteiger partial charge in [-0.3, -0.25) is 9.78 Å². The third kappa shape index (κ3) is 3.23. The number of benzene rings is 2. The molecular weight excluding hydrogens is 276 g/mol. The van der Waals surface area contributed by atoms with Gasteiger partial charge < -0.3 is 10.1 Å². The second-order valence-corrected chi connectivity index (χ2v) is 4.99. The molecule has 1 heterocycles. The Labute approximate surface area is 128 Å². The van der Waals surface area contributed by atoms with Gasteiger partial charge in [0.05, 0.1) is 30.9 Å². The minimum atomic E-state index is -0.0548. The van der Waals surface area contributed by atoms with Gasteiger partial charge >= 0.3 is 0 Å². The summed E-state index contributed by atoms with van der Waals surface area (Å²) in [6.07, 6.45) is 2.01. The molecule has 0 bridgehead atoms. The Hall–Kier alpha value is -2.88. The summed E-state index contributed by atoms with van der Waals surface area (Å²) < 4.78 is 5.17. The average Bonchev–Trinajstić information content (AvgIpc) is 2.55. The number of rotatable bonds is 4. The zero-order valence-electron chi connectivity index (χ0n) is 12.2. The molecule has 2 aromatic carbocycles. The van der Waals surface area contributed by atoms with Crippen LogP contribution in [0.3, 0.4) is 0 Å². The van der Waals surface area contributed by atoms with Crippen molar-refractivity contribution in [1.29, 1.82) is 0 Å². The molecule has 3 rings (SSSR count). The molecule has 1 amide bonds. The third-order valence-electron chi connectivity index (χ3n) is 3.38. The highest BCUT2D eigenvalue weighted by atomic mass is 16.5. The second kappa shape index (κ2) is 6.26. The minimum absolute atomic E-state index is 0.0548. The molecular formula is C18H16N2O2. The number of methoxy groups -OCH3 is 1. The van der Waals surface area contributed by atoms with E-state index < -0.39 is 0 Å². The van der Waals surface area contributed by atoms with Crippen LogP contribution in [0.4, 0.5) is 5.69 Å². The van der Waals surface area contributed by atoms with Gasteiger partial charge in [-0.25, -0.2) is 0 Å². The van der Waals surface area contributed by atoms with E-state index in [2.05, 4.69) is 10.3 Å². The lowest BCUT2D eigenvalue weighted by atomic mass is 10.1. The Morgan fingerprint density at radius 3 is 2.73 bits per heavy atom. The second-order valence-electron chi connectivity index (χ2n) is 4.99. The van der Waals surface area contributed by atoms with Crippen LogP contribution in [0, 0.1) is 0 Å². The van der Waals surface area contributed by atoms with Gasteiger partial charge in [-0.2, -0.15) is 0 Å². The standard InChI is InChI=1S/C18H16N2O2/c1-22-16-8-7-14-10-15(12-19-17(14)11-16)20-18(21)9-13-5-3-2-4-6-13/h2-8,10-12H,9H2,1H3,(H,20,21). The van der Waals surface area contributed by atoms with E-state index in [0.717, 1.165) is 22.2 Å². The maximum Gasteiger partial charge on any atom is 0.228 e. The first kappa shape index (κ1) is 14.1. The summed E-state index contributed by atoms with van der Waals surface area (Å²) in [5.41, 5.74) is 2.51. The maximum absolute atomic E-state index is 12.1. The number of nitrogens with one attached hydrogen (secondary N) is 1. The first-order chi connectivity index (χ1) is 10.7. The molecule has 1 N–H and O–H groups in total. The summed E-state index contributed by atoms with van der Waals surface area (Å²) >= 11 is 0. The molecule has 0 atom stereocenters. The van der Waals surface area contributed by atoms with Crippen LogP contribution in [0.15, 0.2) is 60.8 Å². The van der Waals surface area contributed by atoms with Crippen molar-refractivity contribution in [3.05, 3.63) is 66.4 Å². The molecule has 0 fully saturated rings. The molecule has 4 heteroatoms. The van der Waals surface area contributed by atoms with E-state index in [1.807, 2.05) is 54.6 Å². The van der Waals surface area contributed by atoms with E-state index in [1.165, 1.54) is 0 Å². The molecule has 0 radical (unpaired) electrons. The number of carbonyl (C=O) groups is 1. The van der Waals surface area contributed by atoms with Crippen molar-refractivity contribution in [2.45, 2.75) is 6.42 Å². The molecule has 0 aliphatic rings. The van der Waals surface area contributed by atoms with Crippen molar-refractivity contribution in [3.63, 3.8) is 0 Å². The van der Waals surface area contributed by atoms with Crippen molar-refractivity contribution in [3.8, 4) is 5.75 Å². The number of pyridine rings is 1. The van der Waals surface area contributed by atoms with Gasteiger partial charge in [0.15, 0.2) is 0 Å². The lowest BCUT2D eigenvalue weighted by molar-refractivity contribution is -0.115. The number of amides is 1. The normalized spacial score (nSPS) is 10.4. The molecule has 4 nitrogen and oxygen atoms in total. The van der Waals surface area contributed by atoms with Gasteiger partial charge in [0.1, 0.15) is 5.75 Å². The number of carbonyl (C=O) groups excluding carboxylic acids is 1. The number of hydrogen-bond acceptors (Lipinski definition) is 3. The van der Waals surface area contributed by atoms with Gasteiger partial charge in [0.25, 0.3) is 0 Å². The number of fused-ring (bicyclic) bond motifs is 1. The molecule has 0 saturated carbocycles. The molecule has 110 valence electrons. The summed E-state index contributed by atoms with van der Waals surface area (Å²) in [5, 5.41) is 3.84. The Morgan fingerprint density at radius 1 is 1.14 bits per heavy atom. The molecule has 0 unspecified atom stereocenters. The SMILES string of the molecule is COc1ccc2cc(NC(=O)Cc3ccccc3)cnc2c1. The topological polar surface area (TPSA) is 51.2 Å². The fraction of sp³-hybridized carbons (Fsp3) is 0.111. The Balaban J connectivity index is 1.75. The zero-order chi connectivity index (χ0) is 15.4. The number of aromatic nitrogens is 1. The van der Waals surface area contributed by atoms with Crippen molar-refractivity contribution in [2.24, 2.45) is 0 Å².